The first kappa shape index (κ1) is 19.9. The maximum atomic E-state index is 13.5. The Hall–Kier alpha value is -3.35. The third kappa shape index (κ3) is 3.87. The number of hydrogen-bond donors (Lipinski definition) is 0. The van der Waals surface area contributed by atoms with Crippen molar-refractivity contribution in [3.05, 3.63) is 60.0 Å². The summed E-state index contributed by atoms with van der Waals surface area (Å²) in [6.45, 7) is 1.46. The van der Waals surface area contributed by atoms with E-state index in [-0.39, 0.29) is 11.7 Å². The number of nitrogens with zero attached hydrogens (tertiary/aromatic N) is 3. The smallest absolute Gasteiger partial charge is 0.272 e. The summed E-state index contributed by atoms with van der Waals surface area (Å²) < 4.78 is 25.8. The number of methoxy groups -OCH3 is 2. The number of rotatable bonds is 5. The number of benzene rings is 2. The molecule has 0 bridgehead atoms. The lowest BCUT2D eigenvalue weighted by molar-refractivity contribution is 0.0715. The number of halogens is 1. The van der Waals surface area contributed by atoms with Crippen molar-refractivity contribution >= 4 is 5.91 Å². The van der Waals surface area contributed by atoms with Crippen LogP contribution in [0.3, 0.4) is 0 Å². The van der Waals surface area contributed by atoms with Crippen molar-refractivity contribution in [2.45, 2.75) is 19.3 Å². The zero-order valence-electron chi connectivity index (χ0n) is 17.1. The van der Waals surface area contributed by atoms with E-state index in [9.17, 15) is 9.18 Å². The first-order valence-corrected chi connectivity index (χ1v) is 9.98. The fraction of sp³-hybridized carbons (Fsp3) is 0.304. The Bertz CT molecular complexity index is 1040. The van der Waals surface area contributed by atoms with E-state index in [1.54, 1.807) is 43.2 Å². The van der Waals surface area contributed by atoms with Crippen LogP contribution in [0.1, 0.15) is 29.8 Å². The quantitative estimate of drug-likeness (QED) is 0.630. The molecule has 30 heavy (non-hydrogen) atoms. The van der Waals surface area contributed by atoms with Gasteiger partial charge in [0.05, 0.1) is 25.6 Å². The van der Waals surface area contributed by atoms with Crippen molar-refractivity contribution in [1.29, 1.82) is 0 Å². The van der Waals surface area contributed by atoms with Gasteiger partial charge in [0.25, 0.3) is 5.91 Å². The number of likely N-dealkylation sites (tertiary alicyclic amines) is 1. The minimum atomic E-state index is -0.341. The lowest BCUT2D eigenvalue weighted by Crippen LogP contribution is -2.36. The molecule has 0 radical (unpaired) electrons. The number of aromatic nitrogens is 2. The number of hydrogen-bond acceptors (Lipinski definition) is 4. The van der Waals surface area contributed by atoms with Crippen LogP contribution in [0.15, 0.2) is 48.5 Å². The van der Waals surface area contributed by atoms with E-state index in [1.807, 2.05) is 17.0 Å². The maximum absolute atomic E-state index is 13.5. The fourth-order valence-electron chi connectivity index (χ4n) is 3.71. The van der Waals surface area contributed by atoms with Crippen LogP contribution < -0.4 is 9.47 Å². The maximum Gasteiger partial charge on any atom is 0.272 e. The summed E-state index contributed by atoms with van der Waals surface area (Å²) in [6.07, 6.45) is 3.13. The van der Waals surface area contributed by atoms with Gasteiger partial charge in [-0.1, -0.05) is 0 Å². The Labute approximate surface area is 174 Å². The van der Waals surface area contributed by atoms with E-state index in [0.29, 0.717) is 28.6 Å². The molecule has 0 saturated carbocycles. The summed E-state index contributed by atoms with van der Waals surface area (Å²) in [5, 5.41) is 4.69. The summed E-state index contributed by atoms with van der Waals surface area (Å²) in [5.41, 5.74) is 2.40. The van der Waals surface area contributed by atoms with Crippen molar-refractivity contribution in [1.82, 2.24) is 14.7 Å². The minimum absolute atomic E-state index is 0.0785. The van der Waals surface area contributed by atoms with Crippen molar-refractivity contribution in [3.8, 4) is 28.4 Å². The molecule has 7 heteroatoms. The molecule has 1 fully saturated rings. The van der Waals surface area contributed by atoms with Crippen LogP contribution in [0.2, 0.25) is 0 Å². The number of piperidine rings is 1. The van der Waals surface area contributed by atoms with E-state index < -0.39 is 0 Å². The van der Waals surface area contributed by atoms with Crippen molar-refractivity contribution in [2.24, 2.45) is 0 Å². The van der Waals surface area contributed by atoms with Gasteiger partial charge in [0.15, 0.2) is 0 Å². The van der Waals surface area contributed by atoms with Gasteiger partial charge in [-0.05, 0) is 61.7 Å². The molecule has 0 atom stereocenters. The van der Waals surface area contributed by atoms with Gasteiger partial charge in [-0.15, -0.1) is 0 Å². The molecule has 1 aromatic heterocycles. The first-order chi connectivity index (χ1) is 14.6. The van der Waals surface area contributed by atoms with E-state index >= 15 is 0 Å². The van der Waals surface area contributed by atoms with Crippen LogP contribution in [-0.2, 0) is 0 Å². The molecule has 1 amide bonds. The third-order valence-corrected chi connectivity index (χ3v) is 5.33. The fourth-order valence-corrected chi connectivity index (χ4v) is 3.71. The summed E-state index contributed by atoms with van der Waals surface area (Å²) in [4.78, 5) is 15.2. The number of ether oxygens (including phenoxy) is 2. The Morgan fingerprint density at radius 3 is 2.37 bits per heavy atom. The molecule has 2 heterocycles. The second kappa shape index (κ2) is 8.57. The highest BCUT2D eigenvalue weighted by Gasteiger charge is 2.25. The van der Waals surface area contributed by atoms with Gasteiger partial charge in [-0.2, -0.15) is 5.10 Å². The van der Waals surface area contributed by atoms with Gasteiger partial charge < -0.3 is 14.4 Å². The van der Waals surface area contributed by atoms with Gasteiger partial charge in [-0.3, -0.25) is 4.79 Å². The van der Waals surface area contributed by atoms with Crippen LogP contribution in [-0.4, -0.2) is 47.9 Å². The molecule has 156 valence electrons. The zero-order valence-corrected chi connectivity index (χ0v) is 17.1. The lowest BCUT2D eigenvalue weighted by Gasteiger charge is -2.26. The van der Waals surface area contributed by atoms with Gasteiger partial charge in [0.2, 0.25) is 0 Å². The molecule has 4 rings (SSSR count). The molecule has 3 aromatic rings. The van der Waals surface area contributed by atoms with Crippen LogP contribution in [0.25, 0.3) is 16.9 Å². The highest BCUT2D eigenvalue weighted by Crippen LogP contribution is 2.34. The Morgan fingerprint density at radius 2 is 1.70 bits per heavy atom. The third-order valence-electron chi connectivity index (χ3n) is 5.33. The van der Waals surface area contributed by atoms with Crippen molar-refractivity contribution < 1.29 is 18.7 Å². The van der Waals surface area contributed by atoms with Crippen molar-refractivity contribution in [2.75, 3.05) is 27.3 Å². The zero-order chi connectivity index (χ0) is 21.1. The van der Waals surface area contributed by atoms with Crippen LogP contribution in [0.4, 0.5) is 4.39 Å². The van der Waals surface area contributed by atoms with E-state index in [1.165, 1.54) is 12.1 Å². The standard InChI is InChI=1S/C23H24FN3O3/c1-29-18-10-11-19(22(14-18)30-2)20-15-21(23(28)26-12-4-3-5-13-26)27(25-20)17-8-6-16(24)7-9-17/h6-11,14-15H,3-5,12-13H2,1-2H3. The molecule has 1 saturated heterocycles. The molecule has 2 aromatic carbocycles. The van der Waals surface area contributed by atoms with Crippen LogP contribution in [0, 0.1) is 5.82 Å². The Morgan fingerprint density at radius 1 is 0.967 bits per heavy atom. The molecule has 0 aliphatic carbocycles. The van der Waals surface area contributed by atoms with E-state index in [0.717, 1.165) is 37.9 Å². The lowest BCUT2D eigenvalue weighted by atomic mass is 10.1. The summed E-state index contributed by atoms with van der Waals surface area (Å²) >= 11 is 0. The second-order valence-electron chi connectivity index (χ2n) is 7.22. The molecule has 0 spiro atoms. The van der Waals surface area contributed by atoms with Gasteiger partial charge >= 0.3 is 0 Å². The monoisotopic (exact) mass is 409 g/mol. The first-order valence-electron chi connectivity index (χ1n) is 9.98. The summed E-state index contributed by atoms with van der Waals surface area (Å²) in [7, 11) is 3.17. The molecule has 0 unspecified atom stereocenters. The molecule has 1 aliphatic heterocycles. The van der Waals surface area contributed by atoms with Gasteiger partial charge in [-0.25, -0.2) is 9.07 Å². The topological polar surface area (TPSA) is 56.6 Å². The minimum Gasteiger partial charge on any atom is -0.497 e. The largest absolute Gasteiger partial charge is 0.497 e. The van der Waals surface area contributed by atoms with E-state index in [4.69, 9.17) is 9.47 Å². The van der Waals surface area contributed by atoms with Gasteiger partial charge in [0, 0.05) is 24.7 Å². The average Bonchev–Trinajstić information content (AvgIpc) is 3.24. The normalized spacial score (nSPS) is 13.9. The molecule has 6 nitrogen and oxygen atoms in total. The second-order valence-corrected chi connectivity index (χ2v) is 7.22. The Kier molecular flexibility index (Phi) is 5.70. The average molecular weight is 409 g/mol. The highest BCUT2D eigenvalue weighted by atomic mass is 19.1. The van der Waals surface area contributed by atoms with Crippen LogP contribution in [0.5, 0.6) is 11.5 Å². The molecule has 1 aliphatic rings. The highest BCUT2D eigenvalue weighted by molar-refractivity contribution is 5.94. The summed E-state index contributed by atoms with van der Waals surface area (Å²) in [5.74, 6) is 0.838. The van der Waals surface area contributed by atoms with Crippen LogP contribution >= 0.6 is 0 Å². The SMILES string of the molecule is COc1ccc(-c2cc(C(=O)N3CCCCC3)n(-c3ccc(F)cc3)n2)c(OC)c1. The Balaban J connectivity index is 1.81. The molecule has 0 N–H and O–H groups in total. The molecular weight excluding hydrogens is 385 g/mol. The van der Waals surface area contributed by atoms with Crippen molar-refractivity contribution in [3.63, 3.8) is 0 Å². The predicted octanol–water partition coefficient (Wildman–Crippen LogP) is 4.32. The molecular formula is C23H24FN3O3. The number of amides is 1. The number of carbonyl (C=O) groups excluding carboxylic acids is 1. The van der Waals surface area contributed by atoms with Gasteiger partial charge in [0.1, 0.15) is 23.0 Å². The predicted molar refractivity (Wildman–Crippen MR) is 112 cm³/mol. The summed E-state index contributed by atoms with van der Waals surface area (Å²) in [6, 6.07) is 13.2. The number of carbonyl (C=O) groups is 1. The van der Waals surface area contributed by atoms with E-state index in [2.05, 4.69) is 5.10 Å².